The van der Waals surface area contributed by atoms with Crippen LogP contribution < -0.4 is 0 Å². The van der Waals surface area contributed by atoms with Crippen LogP contribution in [0.25, 0.3) is 0 Å². The highest BCUT2D eigenvalue weighted by molar-refractivity contribution is 4.98. The van der Waals surface area contributed by atoms with Crippen LogP contribution in [0, 0.1) is 23.8 Å². The minimum Gasteiger partial charge on any atom is -0.336 e. The van der Waals surface area contributed by atoms with E-state index in [-0.39, 0.29) is 0 Å². The number of rotatable bonds is 6. The van der Waals surface area contributed by atoms with Crippen LogP contribution in [-0.2, 0) is 0 Å². The van der Waals surface area contributed by atoms with Gasteiger partial charge < -0.3 is 4.90 Å². The summed E-state index contributed by atoms with van der Waals surface area (Å²) in [6.45, 7) is 10.1. The second-order valence-corrected chi connectivity index (χ2v) is 4.99. The normalized spacial score (nSPS) is 12.1. The van der Waals surface area contributed by atoms with E-state index in [9.17, 15) is 0 Å². The largest absolute Gasteiger partial charge is 0.336 e. The van der Waals surface area contributed by atoms with Gasteiger partial charge in [-0.15, -0.1) is 0 Å². The van der Waals surface area contributed by atoms with Crippen LogP contribution in [-0.4, -0.2) is 18.5 Å². The first-order valence-electron chi connectivity index (χ1n) is 6.25. The molecule has 0 radical (unpaired) electrons. The third-order valence-electron chi connectivity index (χ3n) is 2.54. The summed E-state index contributed by atoms with van der Waals surface area (Å²) in [5, 5.41) is 0. The molecule has 0 aromatic carbocycles. The lowest BCUT2D eigenvalue weighted by molar-refractivity contribution is 0.421. The molecule has 0 fully saturated rings. The summed E-state index contributed by atoms with van der Waals surface area (Å²) < 4.78 is 0. The van der Waals surface area contributed by atoms with Crippen molar-refractivity contribution >= 4 is 0 Å². The van der Waals surface area contributed by atoms with Crippen molar-refractivity contribution in [3.05, 3.63) is 0 Å². The van der Waals surface area contributed by atoms with Crippen molar-refractivity contribution in [3.8, 4) is 12.0 Å². The average molecular weight is 209 g/mol. The molecule has 0 amide bonds. The quantitative estimate of drug-likeness (QED) is 0.476. The molecule has 1 atom stereocenters. The molecule has 0 aliphatic carbocycles. The summed E-state index contributed by atoms with van der Waals surface area (Å²) in [4.78, 5) is 2.12. The van der Waals surface area contributed by atoms with Crippen LogP contribution in [0.5, 0.6) is 0 Å². The molecule has 0 saturated heterocycles. The van der Waals surface area contributed by atoms with Gasteiger partial charge >= 0.3 is 0 Å². The topological polar surface area (TPSA) is 3.24 Å². The van der Waals surface area contributed by atoms with Gasteiger partial charge in [0.1, 0.15) is 0 Å². The van der Waals surface area contributed by atoms with Crippen LogP contribution in [0.1, 0.15) is 53.4 Å². The molecular weight excluding hydrogens is 182 g/mol. The van der Waals surface area contributed by atoms with Gasteiger partial charge in [-0.3, -0.25) is 0 Å². The van der Waals surface area contributed by atoms with Gasteiger partial charge in [0.15, 0.2) is 0 Å². The molecule has 1 unspecified atom stereocenters. The van der Waals surface area contributed by atoms with E-state index < -0.39 is 0 Å². The van der Waals surface area contributed by atoms with Crippen molar-refractivity contribution in [2.75, 3.05) is 13.6 Å². The third-order valence-corrected chi connectivity index (χ3v) is 2.54. The Morgan fingerprint density at radius 3 is 2.33 bits per heavy atom. The summed E-state index contributed by atoms with van der Waals surface area (Å²) in [6, 6.07) is 3.21. The SMILES string of the molecule is CCCC(C)CC#CN(C)CCC(C)C. The molecule has 0 spiro atoms. The molecular formula is C14H27N. The minimum absolute atomic E-state index is 0.751. The molecule has 1 heteroatoms. The molecule has 0 N–H and O–H groups in total. The Bertz CT molecular complexity index is 197. The van der Waals surface area contributed by atoms with Gasteiger partial charge in [-0.05, 0) is 18.3 Å². The van der Waals surface area contributed by atoms with Crippen LogP contribution >= 0.6 is 0 Å². The first kappa shape index (κ1) is 14.4. The summed E-state index contributed by atoms with van der Waals surface area (Å²) in [7, 11) is 2.08. The maximum absolute atomic E-state index is 3.27. The van der Waals surface area contributed by atoms with E-state index in [4.69, 9.17) is 0 Å². The van der Waals surface area contributed by atoms with Crippen molar-refractivity contribution < 1.29 is 0 Å². The number of nitrogens with zero attached hydrogens (tertiary/aromatic N) is 1. The summed E-state index contributed by atoms with van der Waals surface area (Å²) >= 11 is 0. The van der Waals surface area contributed by atoms with E-state index in [0.717, 1.165) is 24.8 Å². The Kier molecular flexibility index (Phi) is 8.28. The van der Waals surface area contributed by atoms with E-state index >= 15 is 0 Å². The van der Waals surface area contributed by atoms with Crippen LogP contribution in [0.2, 0.25) is 0 Å². The smallest absolute Gasteiger partial charge is 0.0259 e. The Balaban J connectivity index is 3.65. The maximum Gasteiger partial charge on any atom is 0.0259 e. The fourth-order valence-electron chi connectivity index (χ4n) is 1.46. The van der Waals surface area contributed by atoms with E-state index in [1.54, 1.807) is 0 Å². The van der Waals surface area contributed by atoms with Crippen molar-refractivity contribution in [2.45, 2.75) is 53.4 Å². The van der Waals surface area contributed by atoms with Gasteiger partial charge in [0, 0.05) is 26.1 Å². The van der Waals surface area contributed by atoms with Crippen molar-refractivity contribution in [3.63, 3.8) is 0 Å². The molecule has 0 aliphatic heterocycles. The predicted molar refractivity (Wildman–Crippen MR) is 68.6 cm³/mol. The third kappa shape index (κ3) is 9.66. The predicted octanol–water partition coefficient (Wildman–Crippen LogP) is 3.75. The number of hydrogen-bond acceptors (Lipinski definition) is 1. The number of hydrogen-bond donors (Lipinski definition) is 0. The standard InChI is InChI=1S/C14H27N/c1-6-8-14(4)9-7-11-15(5)12-10-13(2)3/h13-14H,6,8-10,12H2,1-5H3. The monoisotopic (exact) mass is 209 g/mol. The maximum atomic E-state index is 3.27. The lowest BCUT2D eigenvalue weighted by Crippen LogP contribution is -2.14. The van der Waals surface area contributed by atoms with Crippen molar-refractivity contribution in [1.29, 1.82) is 0 Å². The molecule has 0 rings (SSSR count). The molecule has 88 valence electrons. The fraction of sp³-hybridized carbons (Fsp3) is 0.857. The van der Waals surface area contributed by atoms with E-state index in [0.29, 0.717) is 0 Å². The molecule has 1 nitrogen and oxygen atoms in total. The van der Waals surface area contributed by atoms with Crippen molar-refractivity contribution in [2.24, 2.45) is 11.8 Å². The van der Waals surface area contributed by atoms with E-state index in [2.05, 4.69) is 51.6 Å². The summed E-state index contributed by atoms with van der Waals surface area (Å²) in [6.07, 6.45) is 4.84. The molecule has 0 saturated carbocycles. The zero-order chi connectivity index (χ0) is 11.7. The second-order valence-electron chi connectivity index (χ2n) is 4.99. The van der Waals surface area contributed by atoms with Gasteiger partial charge in [0.05, 0.1) is 0 Å². The Labute approximate surface area is 96.2 Å². The minimum atomic E-state index is 0.751. The Morgan fingerprint density at radius 2 is 1.80 bits per heavy atom. The lowest BCUT2D eigenvalue weighted by atomic mass is 10.0. The van der Waals surface area contributed by atoms with Crippen molar-refractivity contribution in [1.82, 2.24) is 4.90 Å². The Morgan fingerprint density at radius 1 is 1.13 bits per heavy atom. The highest BCUT2D eigenvalue weighted by Crippen LogP contribution is 2.08. The molecule has 0 aliphatic rings. The van der Waals surface area contributed by atoms with Crippen LogP contribution in [0.15, 0.2) is 0 Å². The van der Waals surface area contributed by atoms with Gasteiger partial charge in [-0.25, -0.2) is 0 Å². The van der Waals surface area contributed by atoms with Gasteiger partial charge in [0.25, 0.3) is 0 Å². The van der Waals surface area contributed by atoms with Gasteiger partial charge in [0.2, 0.25) is 0 Å². The highest BCUT2D eigenvalue weighted by atomic mass is 15.1. The van der Waals surface area contributed by atoms with E-state index in [1.807, 2.05) is 0 Å². The summed E-state index contributed by atoms with van der Waals surface area (Å²) in [5.74, 6) is 4.79. The lowest BCUT2D eigenvalue weighted by Gasteiger charge is -2.12. The molecule has 0 heterocycles. The van der Waals surface area contributed by atoms with E-state index in [1.165, 1.54) is 19.3 Å². The highest BCUT2D eigenvalue weighted by Gasteiger charge is 1.98. The molecule has 0 bridgehead atoms. The first-order valence-corrected chi connectivity index (χ1v) is 6.25. The Hall–Kier alpha value is -0.640. The zero-order valence-electron chi connectivity index (χ0n) is 11.1. The average Bonchev–Trinajstić information content (AvgIpc) is 2.15. The zero-order valence-corrected chi connectivity index (χ0v) is 11.1. The van der Waals surface area contributed by atoms with Gasteiger partial charge in [-0.2, -0.15) is 0 Å². The summed E-state index contributed by atoms with van der Waals surface area (Å²) in [5.41, 5.74) is 0. The first-order chi connectivity index (χ1) is 7.06. The second kappa shape index (κ2) is 8.65. The molecule has 0 aromatic heterocycles. The van der Waals surface area contributed by atoms with Crippen LogP contribution in [0.4, 0.5) is 0 Å². The van der Waals surface area contributed by atoms with Gasteiger partial charge in [-0.1, -0.05) is 46.5 Å². The fourth-order valence-corrected chi connectivity index (χ4v) is 1.46. The molecule has 0 aromatic rings. The molecule has 15 heavy (non-hydrogen) atoms. The van der Waals surface area contributed by atoms with Crippen LogP contribution in [0.3, 0.4) is 0 Å².